The van der Waals surface area contributed by atoms with E-state index in [1.165, 1.54) is 0 Å². The minimum atomic E-state index is -0.267. The minimum absolute atomic E-state index is 0.218. The van der Waals surface area contributed by atoms with Gasteiger partial charge in [-0.25, -0.2) is 9.97 Å². The van der Waals surface area contributed by atoms with Crippen LogP contribution in [0.1, 0.15) is 21.7 Å². The second-order valence-corrected chi connectivity index (χ2v) is 8.99. The zero-order valence-corrected chi connectivity index (χ0v) is 20.4. The van der Waals surface area contributed by atoms with Crippen LogP contribution in [0.3, 0.4) is 0 Å². The van der Waals surface area contributed by atoms with Gasteiger partial charge in [0.2, 0.25) is 6.79 Å². The van der Waals surface area contributed by atoms with Crippen molar-refractivity contribution in [2.45, 2.75) is 13.1 Å². The summed E-state index contributed by atoms with van der Waals surface area (Å²) in [5, 5.41) is 6.90. The first-order valence-electron chi connectivity index (χ1n) is 11.7. The fraction of sp³-hybridized carbons (Fsp3) is 0.107. The molecule has 1 aliphatic rings. The molecule has 5 aromatic rings. The Labute approximate surface area is 217 Å². The van der Waals surface area contributed by atoms with Crippen LogP contribution in [-0.2, 0) is 13.1 Å². The summed E-state index contributed by atoms with van der Waals surface area (Å²) in [5.74, 6) is 2.30. The second kappa shape index (κ2) is 9.83. The van der Waals surface area contributed by atoms with Gasteiger partial charge in [-0.15, -0.1) is 0 Å². The summed E-state index contributed by atoms with van der Waals surface area (Å²) in [6.45, 7) is 0.920. The van der Waals surface area contributed by atoms with Crippen LogP contribution in [0, 0.1) is 0 Å². The number of benzene rings is 3. The fourth-order valence-corrected chi connectivity index (χ4v) is 4.29. The van der Waals surface area contributed by atoms with Gasteiger partial charge < -0.3 is 25.1 Å². The molecule has 3 N–H and O–H groups in total. The number of anilines is 1. The predicted molar refractivity (Wildman–Crippen MR) is 142 cm³/mol. The van der Waals surface area contributed by atoms with Crippen molar-refractivity contribution in [3.05, 3.63) is 101 Å². The van der Waals surface area contributed by atoms with Gasteiger partial charge in [0.1, 0.15) is 11.6 Å². The van der Waals surface area contributed by atoms with E-state index in [-0.39, 0.29) is 19.2 Å². The van der Waals surface area contributed by atoms with E-state index in [0.29, 0.717) is 34.5 Å². The van der Waals surface area contributed by atoms with Gasteiger partial charge in [-0.05, 0) is 53.6 Å². The first-order chi connectivity index (χ1) is 18.1. The molecule has 9 heteroatoms. The third-order valence-corrected chi connectivity index (χ3v) is 6.31. The summed E-state index contributed by atoms with van der Waals surface area (Å²) in [6, 6.07) is 22.7. The maximum absolute atomic E-state index is 13.4. The molecular formula is C28H22ClN5O3. The van der Waals surface area contributed by atoms with E-state index in [0.717, 1.165) is 33.5 Å². The number of aromatic amines is 1. The van der Waals surface area contributed by atoms with E-state index < -0.39 is 0 Å². The van der Waals surface area contributed by atoms with Gasteiger partial charge in [0.05, 0.1) is 23.1 Å². The Morgan fingerprint density at radius 1 is 0.946 bits per heavy atom. The lowest BCUT2D eigenvalue weighted by Crippen LogP contribution is -2.25. The van der Waals surface area contributed by atoms with Crippen molar-refractivity contribution in [2.75, 3.05) is 12.1 Å². The van der Waals surface area contributed by atoms with Crippen molar-refractivity contribution in [3.63, 3.8) is 0 Å². The molecule has 3 aromatic carbocycles. The zero-order chi connectivity index (χ0) is 25.2. The standard InChI is InChI=1S/C28H22ClN5O3/c29-20-8-6-18(7-9-20)19-12-21(28(35)32-15-26-33-22-3-1-2-4-23(22)34-26)27(31-14-19)30-13-17-5-10-24-25(11-17)37-16-36-24/h1-12,14H,13,15-16H2,(H,30,31)(H,32,35)(H,33,34). The van der Waals surface area contributed by atoms with E-state index in [2.05, 4.69) is 25.6 Å². The van der Waals surface area contributed by atoms with Crippen molar-refractivity contribution in [3.8, 4) is 22.6 Å². The molecule has 3 heterocycles. The lowest BCUT2D eigenvalue weighted by Gasteiger charge is -2.13. The van der Waals surface area contributed by atoms with Crippen molar-refractivity contribution in [2.24, 2.45) is 0 Å². The highest BCUT2D eigenvalue weighted by Gasteiger charge is 2.17. The number of fused-ring (bicyclic) bond motifs is 2. The van der Waals surface area contributed by atoms with Crippen LogP contribution in [0.2, 0.25) is 5.02 Å². The molecule has 0 aliphatic carbocycles. The zero-order valence-electron chi connectivity index (χ0n) is 19.6. The van der Waals surface area contributed by atoms with E-state index >= 15 is 0 Å². The first kappa shape index (κ1) is 22.9. The molecule has 0 atom stereocenters. The highest BCUT2D eigenvalue weighted by molar-refractivity contribution is 6.30. The second-order valence-electron chi connectivity index (χ2n) is 8.55. The third kappa shape index (κ3) is 4.92. The van der Waals surface area contributed by atoms with Gasteiger partial charge in [0.15, 0.2) is 11.5 Å². The molecule has 6 rings (SSSR count). The molecule has 0 radical (unpaired) electrons. The lowest BCUT2D eigenvalue weighted by molar-refractivity contribution is 0.0950. The maximum atomic E-state index is 13.4. The average Bonchev–Trinajstić information content (AvgIpc) is 3.57. The Hall–Kier alpha value is -4.56. The Morgan fingerprint density at radius 3 is 2.65 bits per heavy atom. The molecule has 0 spiro atoms. The molecule has 1 aliphatic heterocycles. The molecule has 2 aromatic heterocycles. The van der Waals surface area contributed by atoms with Crippen LogP contribution < -0.4 is 20.1 Å². The number of hydrogen-bond acceptors (Lipinski definition) is 6. The smallest absolute Gasteiger partial charge is 0.255 e. The monoisotopic (exact) mass is 511 g/mol. The Kier molecular flexibility index (Phi) is 6.08. The number of carbonyl (C=O) groups excluding carboxylic acids is 1. The van der Waals surface area contributed by atoms with Gasteiger partial charge >= 0.3 is 0 Å². The van der Waals surface area contributed by atoms with Crippen molar-refractivity contribution >= 4 is 34.4 Å². The molecule has 0 saturated heterocycles. The van der Waals surface area contributed by atoms with Gasteiger partial charge in [0, 0.05) is 23.3 Å². The van der Waals surface area contributed by atoms with Crippen LogP contribution in [0.4, 0.5) is 5.82 Å². The SMILES string of the molecule is O=C(NCc1nc2ccccc2[nH]1)c1cc(-c2ccc(Cl)cc2)cnc1NCc1ccc2c(c1)OCO2. The van der Waals surface area contributed by atoms with Crippen LogP contribution in [0.5, 0.6) is 11.5 Å². The maximum Gasteiger partial charge on any atom is 0.255 e. The summed E-state index contributed by atoms with van der Waals surface area (Å²) in [4.78, 5) is 25.7. The number of ether oxygens (including phenoxy) is 2. The van der Waals surface area contributed by atoms with E-state index in [1.54, 1.807) is 6.20 Å². The number of imidazole rings is 1. The molecule has 37 heavy (non-hydrogen) atoms. The van der Waals surface area contributed by atoms with Crippen molar-refractivity contribution in [1.29, 1.82) is 0 Å². The number of nitrogens with zero attached hydrogens (tertiary/aromatic N) is 2. The summed E-state index contributed by atoms with van der Waals surface area (Å²) in [5.41, 5.74) is 4.88. The number of nitrogens with one attached hydrogen (secondary N) is 3. The molecule has 184 valence electrons. The van der Waals surface area contributed by atoms with E-state index in [9.17, 15) is 4.79 Å². The molecule has 0 fully saturated rings. The topological polar surface area (TPSA) is 101 Å². The molecule has 0 unspecified atom stereocenters. The summed E-state index contributed by atoms with van der Waals surface area (Å²) in [7, 11) is 0. The minimum Gasteiger partial charge on any atom is -0.454 e. The predicted octanol–water partition coefficient (Wildman–Crippen LogP) is 5.55. The van der Waals surface area contributed by atoms with Crippen LogP contribution in [-0.4, -0.2) is 27.7 Å². The van der Waals surface area contributed by atoms with Gasteiger partial charge in [-0.2, -0.15) is 0 Å². The van der Waals surface area contributed by atoms with Gasteiger partial charge in [-0.3, -0.25) is 4.79 Å². The number of amides is 1. The number of carbonyl (C=O) groups is 1. The highest BCUT2D eigenvalue weighted by atomic mass is 35.5. The lowest BCUT2D eigenvalue weighted by atomic mass is 10.0. The summed E-state index contributed by atoms with van der Waals surface area (Å²) in [6.07, 6.45) is 1.74. The number of hydrogen-bond donors (Lipinski definition) is 3. The molecule has 8 nitrogen and oxygen atoms in total. The van der Waals surface area contributed by atoms with Crippen LogP contribution >= 0.6 is 11.6 Å². The molecule has 0 bridgehead atoms. The highest BCUT2D eigenvalue weighted by Crippen LogP contribution is 2.33. The number of rotatable bonds is 7. The normalized spacial score (nSPS) is 12.0. The number of halogens is 1. The third-order valence-electron chi connectivity index (χ3n) is 6.06. The quantitative estimate of drug-likeness (QED) is 0.265. The Bertz CT molecular complexity index is 1570. The van der Waals surface area contributed by atoms with Crippen LogP contribution in [0.25, 0.3) is 22.2 Å². The number of pyridine rings is 1. The first-order valence-corrected chi connectivity index (χ1v) is 12.1. The number of H-pyrrole nitrogens is 1. The molecule has 1 amide bonds. The van der Waals surface area contributed by atoms with Crippen molar-refractivity contribution < 1.29 is 14.3 Å². The van der Waals surface area contributed by atoms with Gasteiger partial charge in [0.25, 0.3) is 5.91 Å². The number of aromatic nitrogens is 3. The Morgan fingerprint density at radius 2 is 1.78 bits per heavy atom. The van der Waals surface area contributed by atoms with Crippen LogP contribution in [0.15, 0.2) is 79.0 Å². The average molecular weight is 512 g/mol. The largest absolute Gasteiger partial charge is 0.454 e. The van der Waals surface area contributed by atoms with Gasteiger partial charge in [-0.1, -0.05) is 41.9 Å². The van der Waals surface area contributed by atoms with E-state index in [4.69, 9.17) is 21.1 Å². The van der Waals surface area contributed by atoms with Crippen molar-refractivity contribution in [1.82, 2.24) is 20.3 Å². The summed E-state index contributed by atoms with van der Waals surface area (Å²) < 4.78 is 10.9. The number of para-hydroxylation sites is 2. The van der Waals surface area contributed by atoms with E-state index in [1.807, 2.05) is 72.8 Å². The fourth-order valence-electron chi connectivity index (χ4n) is 4.16. The molecule has 0 saturated carbocycles. The summed E-state index contributed by atoms with van der Waals surface area (Å²) >= 11 is 6.05. The Balaban J connectivity index is 1.25. The molecular weight excluding hydrogens is 490 g/mol.